The number of nitro groups is 1. The molecule has 7 heteroatoms. The minimum absolute atomic E-state index is 0.0186. The molecule has 24 heavy (non-hydrogen) atoms. The van der Waals surface area contributed by atoms with E-state index in [4.69, 9.17) is 0 Å². The number of amides is 1. The molecular formula is C17H20N2O4S. The molecule has 1 aromatic carbocycles. The topological polar surface area (TPSA) is 80.5 Å². The van der Waals surface area contributed by atoms with Gasteiger partial charge < -0.3 is 0 Å². The van der Waals surface area contributed by atoms with Crippen LogP contribution < -0.4 is 0 Å². The van der Waals surface area contributed by atoms with Crippen LogP contribution >= 0.6 is 11.8 Å². The molecule has 0 saturated carbocycles. The summed E-state index contributed by atoms with van der Waals surface area (Å²) in [6.07, 6.45) is 1.50. The molecule has 2 rings (SSSR count). The smallest absolute Gasteiger partial charge is 0.269 e. The van der Waals surface area contributed by atoms with Gasteiger partial charge in [0.2, 0.25) is 5.91 Å². The molecule has 1 saturated heterocycles. The van der Waals surface area contributed by atoms with E-state index in [0.717, 1.165) is 0 Å². The summed E-state index contributed by atoms with van der Waals surface area (Å²) in [7, 11) is 0. The highest BCUT2D eigenvalue weighted by molar-refractivity contribution is 8.04. The van der Waals surface area contributed by atoms with Crippen LogP contribution in [-0.4, -0.2) is 27.3 Å². The summed E-state index contributed by atoms with van der Waals surface area (Å²) in [4.78, 5) is 36.6. The number of allylic oxidation sites excluding steroid dienone is 1. The van der Waals surface area contributed by atoms with Crippen molar-refractivity contribution in [1.82, 2.24) is 4.90 Å². The van der Waals surface area contributed by atoms with E-state index in [2.05, 4.69) is 0 Å². The van der Waals surface area contributed by atoms with Gasteiger partial charge in [0.15, 0.2) is 5.78 Å². The maximum absolute atomic E-state index is 12.3. The second-order valence-corrected chi connectivity index (χ2v) is 7.67. The molecule has 1 amide bonds. The maximum Gasteiger partial charge on any atom is 0.269 e. The highest BCUT2D eigenvalue weighted by Crippen LogP contribution is 2.37. The van der Waals surface area contributed by atoms with Crippen molar-refractivity contribution >= 4 is 29.1 Å². The molecule has 1 heterocycles. The molecule has 1 aromatic rings. The number of thioether (sulfide) groups is 1. The standard InChI is InChI=1S/C17H20N2O4S/c1-11(12-6-5-7-13(8-12)19(22)23)18-15(21)10-24-16(18)9-14(20)17(2,3)4/h5-9,11H,10H2,1-4H3/b16-9-/t11-/m0/s1. The summed E-state index contributed by atoms with van der Waals surface area (Å²) in [6, 6.07) is 5.84. The monoisotopic (exact) mass is 348 g/mol. The lowest BCUT2D eigenvalue weighted by Gasteiger charge is -2.26. The third-order valence-electron chi connectivity index (χ3n) is 3.79. The van der Waals surface area contributed by atoms with Crippen LogP contribution in [0.4, 0.5) is 5.69 Å². The summed E-state index contributed by atoms with van der Waals surface area (Å²) in [5, 5.41) is 11.5. The van der Waals surface area contributed by atoms with E-state index in [1.165, 1.54) is 30.0 Å². The van der Waals surface area contributed by atoms with Gasteiger partial charge in [-0.1, -0.05) is 44.7 Å². The molecule has 1 aliphatic heterocycles. The summed E-state index contributed by atoms with van der Waals surface area (Å²) in [6.45, 7) is 7.27. The fourth-order valence-electron chi connectivity index (χ4n) is 2.29. The Kier molecular flexibility index (Phi) is 5.13. The van der Waals surface area contributed by atoms with Crippen LogP contribution in [-0.2, 0) is 9.59 Å². The van der Waals surface area contributed by atoms with Crippen molar-refractivity contribution in [3.8, 4) is 0 Å². The minimum Gasteiger partial charge on any atom is -0.299 e. The Hall–Kier alpha value is -2.15. The average molecular weight is 348 g/mol. The van der Waals surface area contributed by atoms with Gasteiger partial charge in [-0.3, -0.25) is 24.6 Å². The van der Waals surface area contributed by atoms with Crippen LogP contribution in [0.5, 0.6) is 0 Å². The van der Waals surface area contributed by atoms with Crippen LogP contribution in [0.25, 0.3) is 0 Å². The predicted molar refractivity (Wildman–Crippen MR) is 93.4 cm³/mol. The first-order chi connectivity index (χ1) is 11.1. The SMILES string of the molecule is C[C@@H](c1cccc([N+](=O)[O-])c1)N1C(=O)CS/C1=C\C(=O)C(C)(C)C. The van der Waals surface area contributed by atoms with E-state index >= 15 is 0 Å². The number of hydrogen-bond donors (Lipinski definition) is 0. The number of nitrogens with zero attached hydrogens (tertiary/aromatic N) is 2. The van der Waals surface area contributed by atoms with Crippen molar-refractivity contribution in [2.24, 2.45) is 5.41 Å². The highest BCUT2D eigenvalue weighted by Gasteiger charge is 2.33. The van der Waals surface area contributed by atoms with Crippen molar-refractivity contribution in [2.45, 2.75) is 33.7 Å². The number of hydrogen-bond acceptors (Lipinski definition) is 5. The number of carbonyl (C=O) groups excluding carboxylic acids is 2. The second-order valence-electron chi connectivity index (χ2n) is 6.68. The number of rotatable bonds is 4. The first kappa shape index (κ1) is 18.2. The van der Waals surface area contributed by atoms with Crippen molar-refractivity contribution in [3.05, 3.63) is 51.0 Å². The van der Waals surface area contributed by atoms with Gasteiger partial charge in [0, 0.05) is 23.6 Å². The molecule has 1 atom stereocenters. The molecular weight excluding hydrogens is 328 g/mol. The molecule has 0 radical (unpaired) electrons. The lowest BCUT2D eigenvalue weighted by Crippen LogP contribution is -2.29. The number of ketones is 1. The van der Waals surface area contributed by atoms with Crippen molar-refractivity contribution in [2.75, 3.05) is 5.75 Å². The number of benzene rings is 1. The quantitative estimate of drug-likeness (QED) is 0.471. The molecule has 0 unspecified atom stereocenters. The van der Waals surface area contributed by atoms with Gasteiger partial charge in [0.25, 0.3) is 5.69 Å². The van der Waals surface area contributed by atoms with E-state index in [-0.39, 0.29) is 29.2 Å². The average Bonchev–Trinajstić information content (AvgIpc) is 2.86. The molecule has 0 aromatic heterocycles. The second kappa shape index (κ2) is 6.76. The van der Waals surface area contributed by atoms with Gasteiger partial charge in [0.05, 0.1) is 21.7 Å². The third kappa shape index (κ3) is 3.84. The van der Waals surface area contributed by atoms with Crippen LogP contribution in [0.1, 0.15) is 39.3 Å². The van der Waals surface area contributed by atoms with Crippen LogP contribution in [0.2, 0.25) is 0 Å². The fraction of sp³-hybridized carbons (Fsp3) is 0.412. The predicted octanol–water partition coefficient (Wildman–Crippen LogP) is 3.69. The molecule has 0 N–H and O–H groups in total. The van der Waals surface area contributed by atoms with Gasteiger partial charge in [-0.15, -0.1) is 0 Å². The zero-order valence-electron chi connectivity index (χ0n) is 14.1. The lowest BCUT2D eigenvalue weighted by atomic mass is 9.91. The van der Waals surface area contributed by atoms with E-state index in [1.807, 2.05) is 20.8 Å². The Morgan fingerprint density at radius 3 is 2.67 bits per heavy atom. The van der Waals surface area contributed by atoms with Crippen molar-refractivity contribution in [1.29, 1.82) is 0 Å². The Labute approximate surface area is 145 Å². The largest absolute Gasteiger partial charge is 0.299 e. The summed E-state index contributed by atoms with van der Waals surface area (Å²) >= 11 is 1.32. The van der Waals surface area contributed by atoms with Gasteiger partial charge in [0.1, 0.15) is 0 Å². The normalized spacial score (nSPS) is 18.1. The van der Waals surface area contributed by atoms with E-state index in [1.54, 1.807) is 24.0 Å². The summed E-state index contributed by atoms with van der Waals surface area (Å²) in [5.74, 6) is 0.102. The Bertz CT molecular complexity index is 722. The zero-order chi connectivity index (χ0) is 18.1. The van der Waals surface area contributed by atoms with Gasteiger partial charge in [-0.05, 0) is 12.5 Å². The fourth-order valence-corrected chi connectivity index (χ4v) is 3.29. The van der Waals surface area contributed by atoms with E-state index in [0.29, 0.717) is 10.6 Å². The molecule has 1 fully saturated rings. The number of carbonyl (C=O) groups is 2. The summed E-state index contributed by atoms with van der Waals surface area (Å²) in [5.41, 5.74) is 0.115. The van der Waals surface area contributed by atoms with Crippen molar-refractivity contribution in [3.63, 3.8) is 0 Å². The Balaban J connectivity index is 2.35. The lowest BCUT2D eigenvalue weighted by molar-refractivity contribution is -0.384. The first-order valence-electron chi connectivity index (χ1n) is 7.56. The molecule has 128 valence electrons. The van der Waals surface area contributed by atoms with E-state index < -0.39 is 10.3 Å². The number of nitro benzene ring substituents is 1. The Morgan fingerprint density at radius 2 is 2.08 bits per heavy atom. The van der Waals surface area contributed by atoms with E-state index in [9.17, 15) is 19.7 Å². The minimum atomic E-state index is -0.528. The van der Waals surface area contributed by atoms with Crippen LogP contribution in [0, 0.1) is 15.5 Å². The highest BCUT2D eigenvalue weighted by atomic mass is 32.2. The summed E-state index contributed by atoms with van der Waals surface area (Å²) < 4.78 is 0. The first-order valence-corrected chi connectivity index (χ1v) is 8.55. The maximum atomic E-state index is 12.3. The third-order valence-corrected chi connectivity index (χ3v) is 4.80. The van der Waals surface area contributed by atoms with Gasteiger partial charge in [-0.2, -0.15) is 0 Å². The van der Waals surface area contributed by atoms with Gasteiger partial charge in [-0.25, -0.2) is 0 Å². The molecule has 0 aliphatic carbocycles. The number of non-ortho nitro benzene ring substituents is 1. The van der Waals surface area contributed by atoms with Crippen LogP contribution in [0.15, 0.2) is 35.4 Å². The molecule has 6 nitrogen and oxygen atoms in total. The van der Waals surface area contributed by atoms with Crippen LogP contribution in [0.3, 0.4) is 0 Å². The zero-order valence-corrected chi connectivity index (χ0v) is 14.9. The van der Waals surface area contributed by atoms with Gasteiger partial charge >= 0.3 is 0 Å². The molecule has 0 spiro atoms. The Morgan fingerprint density at radius 1 is 1.42 bits per heavy atom. The molecule has 0 bridgehead atoms. The molecule has 1 aliphatic rings. The van der Waals surface area contributed by atoms with Crippen molar-refractivity contribution < 1.29 is 14.5 Å².